The average Bonchev–Trinajstić information content (AvgIpc) is 3.24. The predicted molar refractivity (Wildman–Crippen MR) is 76.6 cm³/mol. The van der Waals surface area contributed by atoms with E-state index in [1.54, 1.807) is 19.1 Å². The number of nitrogens with two attached hydrogens (primary N) is 1. The van der Waals surface area contributed by atoms with Crippen LogP contribution in [0.15, 0.2) is 29.2 Å². The molecule has 0 aliphatic heterocycles. The van der Waals surface area contributed by atoms with E-state index in [1.807, 2.05) is 0 Å². The summed E-state index contributed by atoms with van der Waals surface area (Å²) in [6.07, 6.45) is 1.94. The Hall–Kier alpha value is -1.44. The van der Waals surface area contributed by atoms with Crippen molar-refractivity contribution < 1.29 is 13.2 Å². The van der Waals surface area contributed by atoms with Crippen molar-refractivity contribution in [2.75, 3.05) is 12.4 Å². The number of carbonyl (C=O) groups is 1. The maximum Gasteiger partial charge on any atom is 0.244 e. The van der Waals surface area contributed by atoms with E-state index in [1.165, 1.54) is 19.2 Å². The van der Waals surface area contributed by atoms with Crippen molar-refractivity contribution in [3.05, 3.63) is 24.3 Å². The SMILES string of the molecule is CNS(=O)(=O)c1ccc(NC(=O)C(C)(N)C2CC2)cc1. The highest BCUT2D eigenvalue weighted by atomic mass is 32.2. The smallest absolute Gasteiger partial charge is 0.244 e. The maximum absolute atomic E-state index is 12.1. The van der Waals surface area contributed by atoms with Gasteiger partial charge in [-0.15, -0.1) is 0 Å². The van der Waals surface area contributed by atoms with Crippen molar-refractivity contribution in [1.29, 1.82) is 0 Å². The Labute approximate surface area is 118 Å². The first-order valence-electron chi connectivity index (χ1n) is 6.41. The second-order valence-corrected chi connectivity index (χ2v) is 7.13. The minimum atomic E-state index is -3.46. The molecule has 1 aromatic rings. The van der Waals surface area contributed by atoms with Crippen LogP contribution in [0.25, 0.3) is 0 Å². The minimum Gasteiger partial charge on any atom is -0.324 e. The van der Waals surface area contributed by atoms with Gasteiger partial charge in [-0.3, -0.25) is 4.79 Å². The molecule has 4 N–H and O–H groups in total. The zero-order valence-electron chi connectivity index (χ0n) is 11.5. The molecule has 6 nitrogen and oxygen atoms in total. The van der Waals surface area contributed by atoms with Crippen LogP contribution in [0.2, 0.25) is 0 Å². The molecule has 1 saturated carbocycles. The summed E-state index contributed by atoms with van der Waals surface area (Å²) in [6.45, 7) is 1.72. The van der Waals surface area contributed by atoms with E-state index in [0.717, 1.165) is 12.8 Å². The fraction of sp³-hybridized carbons (Fsp3) is 0.462. The summed E-state index contributed by atoms with van der Waals surface area (Å²) in [6, 6.07) is 5.97. The Morgan fingerprint density at radius 1 is 1.30 bits per heavy atom. The molecule has 7 heteroatoms. The van der Waals surface area contributed by atoms with E-state index >= 15 is 0 Å². The summed E-state index contributed by atoms with van der Waals surface area (Å²) >= 11 is 0. The third kappa shape index (κ3) is 3.00. The fourth-order valence-electron chi connectivity index (χ4n) is 1.97. The zero-order valence-corrected chi connectivity index (χ0v) is 12.3. The second-order valence-electron chi connectivity index (χ2n) is 5.24. The van der Waals surface area contributed by atoms with Crippen LogP contribution in [0, 0.1) is 5.92 Å². The molecule has 0 radical (unpaired) electrons. The largest absolute Gasteiger partial charge is 0.324 e. The number of sulfonamides is 1. The van der Waals surface area contributed by atoms with Crippen LogP contribution in [0.3, 0.4) is 0 Å². The number of carbonyl (C=O) groups excluding carboxylic acids is 1. The van der Waals surface area contributed by atoms with Gasteiger partial charge in [-0.2, -0.15) is 0 Å². The molecule has 20 heavy (non-hydrogen) atoms. The van der Waals surface area contributed by atoms with Crippen LogP contribution < -0.4 is 15.8 Å². The standard InChI is InChI=1S/C13H19N3O3S/c1-13(14,9-3-4-9)12(17)16-10-5-7-11(8-6-10)20(18,19)15-2/h5-9,15H,3-4,14H2,1-2H3,(H,16,17). The van der Waals surface area contributed by atoms with Crippen molar-refractivity contribution in [1.82, 2.24) is 4.72 Å². The molecule has 0 heterocycles. The molecule has 0 bridgehead atoms. The van der Waals surface area contributed by atoms with Gasteiger partial charge in [0.15, 0.2) is 0 Å². The molecule has 1 atom stereocenters. The third-order valence-electron chi connectivity index (χ3n) is 3.61. The lowest BCUT2D eigenvalue weighted by atomic mass is 9.96. The number of benzene rings is 1. The van der Waals surface area contributed by atoms with Gasteiger partial charge in [0, 0.05) is 5.69 Å². The van der Waals surface area contributed by atoms with Gasteiger partial charge < -0.3 is 11.1 Å². The molecule has 0 saturated heterocycles. The summed E-state index contributed by atoms with van der Waals surface area (Å²) in [5.74, 6) is -0.0179. The summed E-state index contributed by atoms with van der Waals surface area (Å²) in [7, 11) is -2.11. The van der Waals surface area contributed by atoms with Crippen LogP contribution in [0.5, 0.6) is 0 Å². The molecular formula is C13H19N3O3S. The van der Waals surface area contributed by atoms with Crippen molar-refractivity contribution in [3.8, 4) is 0 Å². The number of rotatable bonds is 5. The summed E-state index contributed by atoms with van der Waals surface area (Å²) < 4.78 is 25.4. The topological polar surface area (TPSA) is 101 Å². The van der Waals surface area contributed by atoms with Crippen LogP contribution >= 0.6 is 0 Å². The lowest BCUT2D eigenvalue weighted by molar-refractivity contribution is -0.121. The number of hydrogen-bond donors (Lipinski definition) is 3. The Balaban J connectivity index is 2.10. The summed E-state index contributed by atoms with van der Waals surface area (Å²) in [5.41, 5.74) is 5.67. The molecule has 2 rings (SSSR count). The average molecular weight is 297 g/mol. The molecule has 0 aromatic heterocycles. The molecule has 1 aliphatic carbocycles. The minimum absolute atomic E-state index is 0.149. The van der Waals surface area contributed by atoms with Gasteiger partial charge in [-0.1, -0.05) is 0 Å². The highest BCUT2D eigenvalue weighted by Gasteiger charge is 2.44. The summed E-state index contributed by atoms with van der Waals surface area (Å²) in [4.78, 5) is 12.2. The Morgan fingerprint density at radius 2 is 1.85 bits per heavy atom. The maximum atomic E-state index is 12.1. The van der Waals surface area contributed by atoms with Crippen molar-refractivity contribution >= 4 is 21.6 Å². The lowest BCUT2D eigenvalue weighted by Crippen LogP contribution is -2.50. The summed E-state index contributed by atoms with van der Waals surface area (Å²) in [5, 5.41) is 2.72. The highest BCUT2D eigenvalue weighted by Crippen LogP contribution is 2.38. The van der Waals surface area contributed by atoms with E-state index in [9.17, 15) is 13.2 Å². The first-order chi connectivity index (χ1) is 9.27. The van der Waals surface area contributed by atoms with Gasteiger partial charge in [-0.05, 0) is 57.0 Å². The number of nitrogens with one attached hydrogen (secondary N) is 2. The number of hydrogen-bond acceptors (Lipinski definition) is 4. The first-order valence-corrected chi connectivity index (χ1v) is 7.89. The quantitative estimate of drug-likeness (QED) is 0.743. The van der Waals surface area contributed by atoms with Crippen molar-refractivity contribution in [2.45, 2.75) is 30.2 Å². The monoisotopic (exact) mass is 297 g/mol. The second kappa shape index (κ2) is 5.16. The van der Waals surface area contributed by atoms with Gasteiger partial charge in [0.25, 0.3) is 0 Å². The van der Waals surface area contributed by atoms with Gasteiger partial charge in [0.1, 0.15) is 0 Å². The van der Waals surface area contributed by atoms with Crippen molar-refractivity contribution in [2.24, 2.45) is 11.7 Å². The van der Waals surface area contributed by atoms with Gasteiger partial charge in [0.2, 0.25) is 15.9 Å². The van der Waals surface area contributed by atoms with Crippen LogP contribution in [0.4, 0.5) is 5.69 Å². The highest BCUT2D eigenvalue weighted by molar-refractivity contribution is 7.89. The van der Waals surface area contributed by atoms with E-state index in [0.29, 0.717) is 5.69 Å². The van der Waals surface area contributed by atoms with Crippen molar-refractivity contribution in [3.63, 3.8) is 0 Å². The predicted octanol–water partition coefficient (Wildman–Crippen LogP) is 0.661. The molecule has 0 spiro atoms. The molecular weight excluding hydrogens is 278 g/mol. The zero-order chi connectivity index (χ0) is 15.0. The molecule has 1 aliphatic rings. The Kier molecular flexibility index (Phi) is 3.86. The van der Waals surface area contributed by atoms with E-state index in [4.69, 9.17) is 5.73 Å². The van der Waals surface area contributed by atoms with Gasteiger partial charge >= 0.3 is 0 Å². The lowest BCUT2D eigenvalue weighted by Gasteiger charge is -2.23. The fourth-order valence-corrected chi connectivity index (χ4v) is 2.70. The van der Waals surface area contributed by atoms with Crippen LogP contribution in [0.1, 0.15) is 19.8 Å². The molecule has 1 aromatic carbocycles. The normalized spacial score (nSPS) is 18.4. The van der Waals surface area contributed by atoms with Gasteiger partial charge in [-0.25, -0.2) is 13.1 Å². The molecule has 1 fully saturated rings. The molecule has 110 valence electrons. The van der Waals surface area contributed by atoms with E-state index in [-0.39, 0.29) is 16.7 Å². The number of amides is 1. The number of anilines is 1. The molecule has 1 unspecified atom stereocenters. The van der Waals surface area contributed by atoms with E-state index < -0.39 is 15.6 Å². The van der Waals surface area contributed by atoms with Gasteiger partial charge in [0.05, 0.1) is 10.4 Å². The Morgan fingerprint density at radius 3 is 2.30 bits per heavy atom. The van der Waals surface area contributed by atoms with Crippen LogP contribution in [-0.4, -0.2) is 26.9 Å². The van der Waals surface area contributed by atoms with E-state index in [2.05, 4.69) is 10.0 Å². The Bertz CT molecular complexity index is 604. The first kappa shape index (κ1) is 15.0. The molecule has 1 amide bonds. The third-order valence-corrected chi connectivity index (χ3v) is 5.04. The van der Waals surface area contributed by atoms with Crippen LogP contribution in [-0.2, 0) is 14.8 Å².